The van der Waals surface area contributed by atoms with E-state index in [1.807, 2.05) is 30.3 Å². The fourth-order valence-electron chi connectivity index (χ4n) is 1.73. The summed E-state index contributed by atoms with van der Waals surface area (Å²) in [6, 6.07) is 14.0. The molecule has 20 heavy (non-hydrogen) atoms. The molecule has 0 saturated heterocycles. The largest absolute Gasteiger partial charge is 0.381 e. The minimum Gasteiger partial charge on any atom is -0.381 e. The normalized spacial score (nSPS) is 9.80. The quantitative estimate of drug-likeness (QED) is 0.681. The van der Waals surface area contributed by atoms with Gasteiger partial charge in [-0.25, -0.2) is 0 Å². The average molecular weight is 332 g/mol. The SMILES string of the molecule is N#Cc1ccc(NCc2ccccc2Br)cc1[N+](=O)[O-]. The summed E-state index contributed by atoms with van der Waals surface area (Å²) in [7, 11) is 0. The number of rotatable bonds is 4. The van der Waals surface area contributed by atoms with E-state index in [-0.39, 0.29) is 11.3 Å². The number of nitriles is 1. The number of halogens is 1. The lowest BCUT2D eigenvalue weighted by Gasteiger charge is -2.08. The van der Waals surface area contributed by atoms with Crippen molar-refractivity contribution < 1.29 is 4.92 Å². The summed E-state index contributed by atoms with van der Waals surface area (Å²) >= 11 is 3.44. The summed E-state index contributed by atoms with van der Waals surface area (Å²) in [4.78, 5) is 10.3. The highest BCUT2D eigenvalue weighted by atomic mass is 79.9. The molecule has 0 unspecified atom stereocenters. The van der Waals surface area contributed by atoms with E-state index in [4.69, 9.17) is 5.26 Å². The van der Waals surface area contributed by atoms with Crippen LogP contribution in [-0.2, 0) is 6.54 Å². The van der Waals surface area contributed by atoms with Crippen LogP contribution >= 0.6 is 15.9 Å². The van der Waals surface area contributed by atoms with E-state index in [0.29, 0.717) is 12.2 Å². The van der Waals surface area contributed by atoms with Crippen molar-refractivity contribution >= 4 is 27.3 Å². The minimum atomic E-state index is -0.553. The molecular weight excluding hydrogens is 322 g/mol. The molecule has 5 nitrogen and oxygen atoms in total. The van der Waals surface area contributed by atoms with E-state index in [9.17, 15) is 10.1 Å². The second-order valence-corrected chi connectivity index (χ2v) is 4.90. The topological polar surface area (TPSA) is 79.0 Å². The van der Waals surface area contributed by atoms with E-state index in [1.54, 1.807) is 6.07 Å². The summed E-state index contributed by atoms with van der Waals surface area (Å²) in [5.74, 6) is 0. The van der Waals surface area contributed by atoms with Crippen molar-refractivity contribution in [1.29, 1.82) is 5.26 Å². The van der Waals surface area contributed by atoms with Gasteiger partial charge in [0.05, 0.1) is 4.92 Å². The number of nitro groups is 1. The Morgan fingerprint density at radius 2 is 2.05 bits per heavy atom. The number of benzene rings is 2. The van der Waals surface area contributed by atoms with E-state index in [1.165, 1.54) is 12.1 Å². The molecule has 0 aliphatic heterocycles. The first-order valence-electron chi connectivity index (χ1n) is 5.77. The van der Waals surface area contributed by atoms with Crippen molar-refractivity contribution in [2.24, 2.45) is 0 Å². The Morgan fingerprint density at radius 3 is 2.70 bits per heavy atom. The van der Waals surface area contributed by atoms with Crippen molar-refractivity contribution in [2.45, 2.75) is 6.54 Å². The third kappa shape index (κ3) is 3.13. The molecule has 0 atom stereocenters. The van der Waals surface area contributed by atoms with Crippen LogP contribution in [0.15, 0.2) is 46.9 Å². The smallest absolute Gasteiger partial charge is 0.289 e. The second-order valence-electron chi connectivity index (χ2n) is 4.05. The Kier molecular flexibility index (Phi) is 4.33. The van der Waals surface area contributed by atoms with Crippen molar-refractivity contribution in [1.82, 2.24) is 0 Å². The summed E-state index contributed by atoms with van der Waals surface area (Å²) < 4.78 is 0.968. The van der Waals surface area contributed by atoms with Crippen LogP contribution in [0.1, 0.15) is 11.1 Å². The fraction of sp³-hybridized carbons (Fsp3) is 0.0714. The van der Waals surface area contributed by atoms with Gasteiger partial charge >= 0.3 is 0 Å². The highest BCUT2D eigenvalue weighted by Gasteiger charge is 2.14. The molecule has 0 bridgehead atoms. The number of hydrogen-bond acceptors (Lipinski definition) is 4. The molecular formula is C14H10BrN3O2. The standard InChI is InChI=1S/C14H10BrN3O2/c15-13-4-2-1-3-11(13)9-17-12-6-5-10(8-16)14(7-12)18(19)20/h1-7,17H,9H2. The molecule has 0 saturated carbocycles. The summed E-state index contributed by atoms with van der Waals surface area (Å²) in [5, 5.41) is 22.8. The third-order valence-electron chi connectivity index (χ3n) is 2.76. The van der Waals surface area contributed by atoms with Gasteiger partial charge in [-0.05, 0) is 23.8 Å². The van der Waals surface area contributed by atoms with Crippen LogP contribution < -0.4 is 5.32 Å². The molecule has 0 spiro atoms. The lowest BCUT2D eigenvalue weighted by atomic mass is 10.1. The van der Waals surface area contributed by atoms with Crippen molar-refractivity contribution in [2.75, 3.05) is 5.32 Å². The predicted octanol–water partition coefficient (Wildman–Crippen LogP) is 3.84. The van der Waals surface area contributed by atoms with Crippen LogP contribution in [0.3, 0.4) is 0 Å². The van der Waals surface area contributed by atoms with Crippen LogP contribution in [0, 0.1) is 21.4 Å². The number of nitrogens with zero attached hydrogens (tertiary/aromatic N) is 2. The van der Waals surface area contributed by atoms with Crippen LogP contribution in [-0.4, -0.2) is 4.92 Å². The first kappa shape index (κ1) is 14.0. The Bertz CT molecular complexity index is 695. The maximum absolute atomic E-state index is 10.9. The van der Waals surface area contributed by atoms with Crippen molar-refractivity contribution in [3.8, 4) is 6.07 Å². The Hall–Kier alpha value is -2.39. The molecule has 0 fully saturated rings. The molecule has 1 N–H and O–H groups in total. The molecule has 0 aliphatic rings. The van der Waals surface area contributed by atoms with Gasteiger partial charge in [0.2, 0.25) is 0 Å². The minimum absolute atomic E-state index is 0.0569. The maximum atomic E-state index is 10.9. The van der Waals surface area contributed by atoms with Crippen LogP contribution in [0.25, 0.3) is 0 Å². The van der Waals surface area contributed by atoms with Crippen molar-refractivity contribution in [3.05, 3.63) is 68.2 Å². The highest BCUT2D eigenvalue weighted by molar-refractivity contribution is 9.10. The predicted molar refractivity (Wildman–Crippen MR) is 79.3 cm³/mol. The molecule has 0 amide bonds. The molecule has 2 rings (SSSR count). The molecule has 2 aromatic carbocycles. The number of anilines is 1. The zero-order valence-electron chi connectivity index (χ0n) is 10.3. The van der Waals surface area contributed by atoms with Gasteiger partial charge in [0.15, 0.2) is 0 Å². The molecule has 100 valence electrons. The fourth-order valence-corrected chi connectivity index (χ4v) is 2.15. The number of nitro benzene ring substituents is 1. The van der Waals surface area contributed by atoms with Gasteiger partial charge < -0.3 is 5.32 Å². The van der Waals surface area contributed by atoms with E-state index < -0.39 is 4.92 Å². The average Bonchev–Trinajstić information content (AvgIpc) is 2.46. The highest BCUT2D eigenvalue weighted by Crippen LogP contribution is 2.24. The molecule has 0 aromatic heterocycles. The van der Waals surface area contributed by atoms with Gasteiger partial charge in [0.25, 0.3) is 5.69 Å². The van der Waals surface area contributed by atoms with E-state index in [0.717, 1.165) is 10.0 Å². The lowest BCUT2D eigenvalue weighted by Crippen LogP contribution is -2.01. The number of hydrogen-bond donors (Lipinski definition) is 1. The summed E-state index contributed by atoms with van der Waals surface area (Å²) in [6.45, 7) is 0.532. The van der Waals surface area contributed by atoms with E-state index >= 15 is 0 Å². The Labute approximate surface area is 124 Å². The van der Waals surface area contributed by atoms with Gasteiger partial charge in [-0.2, -0.15) is 5.26 Å². The van der Waals surface area contributed by atoms with Gasteiger partial charge in [-0.3, -0.25) is 10.1 Å². The first-order chi connectivity index (χ1) is 9.61. The summed E-state index contributed by atoms with van der Waals surface area (Å²) in [6.07, 6.45) is 0. The van der Waals surface area contributed by atoms with Crippen LogP contribution in [0.2, 0.25) is 0 Å². The van der Waals surface area contributed by atoms with Crippen molar-refractivity contribution in [3.63, 3.8) is 0 Å². The second kappa shape index (κ2) is 6.17. The molecule has 2 aromatic rings. The maximum Gasteiger partial charge on any atom is 0.289 e. The molecule has 0 radical (unpaired) electrons. The zero-order valence-corrected chi connectivity index (χ0v) is 11.9. The first-order valence-corrected chi connectivity index (χ1v) is 6.57. The van der Waals surface area contributed by atoms with Crippen LogP contribution in [0.4, 0.5) is 11.4 Å². The van der Waals surface area contributed by atoms with Gasteiger partial charge in [-0.1, -0.05) is 34.1 Å². The lowest BCUT2D eigenvalue weighted by molar-refractivity contribution is -0.385. The molecule has 0 aliphatic carbocycles. The monoisotopic (exact) mass is 331 g/mol. The third-order valence-corrected chi connectivity index (χ3v) is 3.53. The Balaban J connectivity index is 2.19. The van der Waals surface area contributed by atoms with E-state index in [2.05, 4.69) is 21.2 Å². The van der Waals surface area contributed by atoms with Gasteiger partial charge in [0.1, 0.15) is 11.6 Å². The zero-order chi connectivity index (χ0) is 14.5. The molecule has 0 heterocycles. The molecule has 6 heteroatoms. The number of nitrogens with one attached hydrogen (secondary N) is 1. The van der Waals surface area contributed by atoms with Gasteiger partial charge in [-0.15, -0.1) is 0 Å². The van der Waals surface area contributed by atoms with Gasteiger partial charge in [0, 0.05) is 22.8 Å². The van der Waals surface area contributed by atoms with Crippen LogP contribution in [0.5, 0.6) is 0 Å². The Morgan fingerprint density at radius 1 is 1.30 bits per heavy atom. The summed E-state index contributed by atoms with van der Waals surface area (Å²) in [5.41, 5.74) is 1.51.